The van der Waals surface area contributed by atoms with Gasteiger partial charge in [0.1, 0.15) is 0 Å². The molecule has 0 radical (unpaired) electrons. The number of nitrogens with zero attached hydrogens (tertiary/aromatic N) is 1. The molecule has 1 nitrogen and oxygen atoms in total. The largest absolute Gasteiger partial charge is 0.418 e. The molecule has 0 fully saturated rings. The molecule has 0 N–H and O–H groups in total. The van der Waals surface area contributed by atoms with Gasteiger partial charge in [0, 0.05) is 22.7 Å². The summed E-state index contributed by atoms with van der Waals surface area (Å²) in [5.74, 6) is -1.33. The van der Waals surface area contributed by atoms with E-state index in [9.17, 15) is 26.3 Å². The molecule has 8 heteroatoms. The molecular formula is C8H4BrF6N. The molecule has 0 atom stereocenters. The van der Waals surface area contributed by atoms with Gasteiger partial charge in [-0.2, -0.15) is 17.6 Å². The van der Waals surface area contributed by atoms with Crippen LogP contribution in [0.2, 0.25) is 0 Å². The summed E-state index contributed by atoms with van der Waals surface area (Å²) in [6.07, 6.45) is -8.33. The molecule has 0 aliphatic rings. The first-order valence-corrected chi connectivity index (χ1v) is 4.99. The maximum absolute atomic E-state index is 12.9. The van der Waals surface area contributed by atoms with Crippen LogP contribution in [0.1, 0.15) is 23.1 Å². The van der Waals surface area contributed by atoms with Crippen LogP contribution in [-0.2, 0) is 11.5 Å². The Hall–Kier alpha value is -0.790. The van der Waals surface area contributed by atoms with Gasteiger partial charge in [-0.1, -0.05) is 15.9 Å². The normalized spacial score (nSPS) is 12.2. The number of halogens is 7. The molecule has 16 heavy (non-hydrogen) atoms. The Bertz CT molecular complexity index is 389. The van der Waals surface area contributed by atoms with E-state index in [0.29, 0.717) is 0 Å². The van der Waals surface area contributed by atoms with Crippen LogP contribution in [0, 0.1) is 5.95 Å². The molecular weight excluding hydrogens is 304 g/mol. The van der Waals surface area contributed by atoms with Gasteiger partial charge in [0.25, 0.3) is 6.43 Å². The van der Waals surface area contributed by atoms with E-state index in [-0.39, 0.29) is 6.20 Å². The average molecular weight is 308 g/mol. The van der Waals surface area contributed by atoms with Crippen LogP contribution < -0.4 is 0 Å². The lowest BCUT2D eigenvalue weighted by atomic mass is 10.1. The lowest BCUT2D eigenvalue weighted by Gasteiger charge is -2.15. The monoisotopic (exact) mass is 307 g/mol. The highest BCUT2D eigenvalue weighted by atomic mass is 79.9. The summed E-state index contributed by atoms with van der Waals surface area (Å²) in [7, 11) is 0. The molecule has 1 aromatic heterocycles. The Labute approximate surface area is 94.6 Å². The van der Waals surface area contributed by atoms with Gasteiger partial charge >= 0.3 is 6.18 Å². The molecule has 0 saturated heterocycles. The minimum Gasteiger partial charge on any atom is -0.227 e. The summed E-state index contributed by atoms with van der Waals surface area (Å²) in [5, 5.41) is -0.463. The molecule has 0 aromatic carbocycles. The predicted octanol–water partition coefficient (Wildman–Crippen LogP) is 4.07. The fourth-order valence-electron chi connectivity index (χ4n) is 1.14. The summed E-state index contributed by atoms with van der Waals surface area (Å²) in [4.78, 5) is 2.81. The highest BCUT2D eigenvalue weighted by Gasteiger charge is 2.38. The van der Waals surface area contributed by atoms with E-state index in [1.165, 1.54) is 0 Å². The van der Waals surface area contributed by atoms with Crippen molar-refractivity contribution in [1.82, 2.24) is 4.98 Å². The van der Waals surface area contributed by atoms with Crippen molar-refractivity contribution in [3.05, 3.63) is 28.8 Å². The van der Waals surface area contributed by atoms with Crippen LogP contribution in [-0.4, -0.2) is 4.98 Å². The number of aromatic nitrogens is 1. The SMILES string of the molecule is Fc1ncc(C(F)(F)F)c(C(F)F)c1CBr. The quantitative estimate of drug-likeness (QED) is 0.456. The Kier molecular flexibility index (Phi) is 3.82. The van der Waals surface area contributed by atoms with E-state index in [0.717, 1.165) is 0 Å². The molecule has 0 aliphatic carbocycles. The second-order valence-corrected chi connectivity index (χ2v) is 3.35. The number of pyridine rings is 1. The van der Waals surface area contributed by atoms with Crippen LogP contribution in [0.4, 0.5) is 26.3 Å². The molecule has 0 amide bonds. The summed E-state index contributed by atoms with van der Waals surface area (Å²) in [5.41, 5.74) is -3.75. The maximum atomic E-state index is 12.9. The van der Waals surface area contributed by atoms with Gasteiger partial charge in [0.15, 0.2) is 0 Å². The Morgan fingerprint density at radius 1 is 1.31 bits per heavy atom. The second kappa shape index (κ2) is 4.60. The molecule has 0 bridgehead atoms. The summed E-state index contributed by atoms with van der Waals surface area (Å²) >= 11 is 2.65. The zero-order valence-electron chi connectivity index (χ0n) is 7.45. The Morgan fingerprint density at radius 2 is 1.88 bits per heavy atom. The lowest BCUT2D eigenvalue weighted by Crippen LogP contribution is -2.14. The first-order chi connectivity index (χ1) is 7.29. The van der Waals surface area contributed by atoms with Gasteiger partial charge in [-0.15, -0.1) is 0 Å². The third-order valence-corrected chi connectivity index (χ3v) is 2.39. The van der Waals surface area contributed by atoms with Crippen molar-refractivity contribution in [2.75, 3.05) is 0 Å². The first kappa shape index (κ1) is 13.3. The molecule has 1 rings (SSSR count). The summed E-state index contributed by atoms with van der Waals surface area (Å²) in [6, 6.07) is 0. The average Bonchev–Trinajstić information content (AvgIpc) is 2.14. The van der Waals surface area contributed by atoms with Crippen LogP contribution >= 0.6 is 15.9 Å². The Morgan fingerprint density at radius 3 is 2.25 bits per heavy atom. The molecule has 0 unspecified atom stereocenters. The van der Waals surface area contributed by atoms with Crippen molar-refractivity contribution in [3.8, 4) is 0 Å². The van der Waals surface area contributed by atoms with Crippen molar-refractivity contribution < 1.29 is 26.3 Å². The minimum absolute atomic E-state index is 0.0724. The van der Waals surface area contributed by atoms with Gasteiger partial charge in [-0.25, -0.2) is 13.8 Å². The lowest BCUT2D eigenvalue weighted by molar-refractivity contribution is -0.139. The topological polar surface area (TPSA) is 12.9 Å². The third kappa shape index (κ3) is 2.47. The van der Waals surface area contributed by atoms with Gasteiger partial charge in [-0.05, 0) is 0 Å². The van der Waals surface area contributed by atoms with Crippen molar-refractivity contribution >= 4 is 15.9 Å². The van der Waals surface area contributed by atoms with Crippen LogP contribution in [0.3, 0.4) is 0 Å². The molecule has 0 spiro atoms. The zero-order valence-corrected chi connectivity index (χ0v) is 9.04. The van der Waals surface area contributed by atoms with Crippen LogP contribution in [0.15, 0.2) is 6.20 Å². The van der Waals surface area contributed by atoms with Crippen LogP contribution in [0.5, 0.6) is 0 Å². The number of hydrogen-bond donors (Lipinski definition) is 0. The van der Waals surface area contributed by atoms with E-state index in [1.807, 2.05) is 0 Å². The van der Waals surface area contributed by atoms with E-state index in [2.05, 4.69) is 20.9 Å². The van der Waals surface area contributed by atoms with E-state index < -0.39 is 40.6 Å². The maximum Gasteiger partial charge on any atom is 0.418 e. The van der Waals surface area contributed by atoms with Gasteiger partial charge < -0.3 is 0 Å². The third-order valence-electron chi connectivity index (χ3n) is 1.83. The second-order valence-electron chi connectivity index (χ2n) is 2.79. The minimum atomic E-state index is -4.98. The van der Waals surface area contributed by atoms with E-state index >= 15 is 0 Å². The fraction of sp³-hybridized carbons (Fsp3) is 0.375. The zero-order chi connectivity index (χ0) is 12.5. The van der Waals surface area contributed by atoms with Gasteiger partial charge in [0.2, 0.25) is 5.95 Å². The van der Waals surface area contributed by atoms with Gasteiger partial charge in [0.05, 0.1) is 5.56 Å². The van der Waals surface area contributed by atoms with Crippen molar-refractivity contribution in [1.29, 1.82) is 0 Å². The van der Waals surface area contributed by atoms with E-state index in [1.54, 1.807) is 0 Å². The smallest absolute Gasteiger partial charge is 0.227 e. The van der Waals surface area contributed by atoms with Crippen molar-refractivity contribution in [3.63, 3.8) is 0 Å². The van der Waals surface area contributed by atoms with Crippen molar-refractivity contribution in [2.45, 2.75) is 17.9 Å². The Balaban J connectivity index is 3.52. The number of hydrogen-bond acceptors (Lipinski definition) is 1. The van der Waals surface area contributed by atoms with E-state index in [4.69, 9.17) is 0 Å². The number of rotatable bonds is 2. The highest BCUT2D eigenvalue weighted by Crippen LogP contribution is 2.38. The molecule has 0 aliphatic heterocycles. The number of alkyl halides is 6. The molecule has 90 valence electrons. The summed E-state index contributed by atoms with van der Waals surface area (Å²) < 4.78 is 74.9. The fourth-order valence-corrected chi connectivity index (χ4v) is 1.68. The van der Waals surface area contributed by atoms with Crippen molar-refractivity contribution in [2.24, 2.45) is 0 Å². The predicted molar refractivity (Wildman–Crippen MR) is 46.8 cm³/mol. The summed E-state index contributed by atoms with van der Waals surface area (Å²) in [6.45, 7) is 0. The molecule has 1 aromatic rings. The molecule has 0 saturated carbocycles. The molecule has 1 heterocycles. The first-order valence-electron chi connectivity index (χ1n) is 3.87. The van der Waals surface area contributed by atoms with Gasteiger partial charge in [-0.3, -0.25) is 0 Å². The standard InChI is InChI=1S/C8H4BrF6N/c9-1-3-5(6(10)11)4(8(13,14)15)2-16-7(3)12/h2,6H,1H2. The van der Waals surface area contributed by atoms with Crippen LogP contribution in [0.25, 0.3) is 0 Å². The highest BCUT2D eigenvalue weighted by molar-refractivity contribution is 9.08.